The molecule has 1 atom stereocenters. The van der Waals surface area contributed by atoms with Crippen LogP contribution in [-0.2, 0) is 9.59 Å². The number of halogens is 3. The van der Waals surface area contributed by atoms with Crippen molar-refractivity contribution >= 4 is 46.4 Å². The molecule has 3 rings (SSSR count). The van der Waals surface area contributed by atoms with E-state index in [0.717, 1.165) is 11.0 Å². The van der Waals surface area contributed by atoms with Crippen LogP contribution in [-0.4, -0.2) is 17.9 Å². The van der Waals surface area contributed by atoms with Crippen LogP contribution in [0.15, 0.2) is 42.5 Å². The number of nitrogens with zero attached hydrogens (tertiary/aromatic N) is 1. The van der Waals surface area contributed by atoms with Crippen LogP contribution in [0.2, 0.25) is 10.0 Å². The van der Waals surface area contributed by atoms with Crippen molar-refractivity contribution < 1.29 is 14.0 Å². The highest BCUT2D eigenvalue weighted by atomic mass is 35.5. The molecule has 1 aliphatic rings. The van der Waals surface area contributed by atoms with Gasteiger partial charge in [-0.05, 0) is 36.4 Å². The molecule has 0 spiro atoms. The van der Waals surface area contributed by atoms with Gasteiger partial charge in [0.25, 0.3) is 5.91 Å². The number of hydrogen-bond acceptors (Lipinski definition) is 3. The molecule has 1 saturated heterocycles. The molecule has 2 aromatic carbocycles. The number of anilines is 2. The molecule has 1 fully saturated rings. The summed E-state index contributed by atoms with van der Waals surface area (Å²) < 4.78 is 13.3. The molecular formula is C16H11Cl2FN2O2. The maximum atomic E-state index is 13.3. The molecule has 118 valence electrons. The molecule has 0 saturated carbocycles. The van der Waals surface area contributed by atoms with Gasteiger partial charge >= 0.3 is 0 Å². The average Bonchev–Trinajstić information content (AvgIpc) is 2.77. The van der Waals surface area contributed by atoms with E-state index in [0.29, 0.717) is 15.7 Å². The first kappa shape index (κ1) is 15.8. The van der Waals surface area contributed by atoms with Gasteiger partial charge in [-0.3, -0.25) is 9.59 Å². The lowest BCUT2D eigenvalue weighted by atomic mass is 10.2. The third-order valence-corrected chi connectivity index (χ3v) is 4.21. The van der Waals surface area contributed by atoms with Gasteiger partial charge in [-0.25, -0.2) is 9.29 Å². The molecule has 0 bridgehead atoms. The molecule has 1 aliphatic heterocycles. The Labute approximate surface area is 141 Å². The van der Waals surface area contributed by atoms with Gasteiger partial charge in [0.1, 0.15) is 11.9 Å². The van der Waals surface area contributed by atoms with Gasteiger partial charge < -0.3 is 5.32 Å². The molecule has 2 amide bonds. The third-order valence-electron chi connectivity index (χ3n) is 3.47. The molecule has 0 radical (unpaired) electrons. The molecule has 1 heterocycles. The van der Waals surface area contributed by atoms with Crippen molar-refractivity contribution in [3.05, 3.63) is 58.3 Å². The summed E-state index contributed by atoms with van der Waals surface area (Å²) >= 11 is 11.8. The fourth-order valence-electron chi connectivity index (χ4n) is 2.42. The van der Waals surface area contributed by atoms with Gasteiger partial charge in [-0.1, -0.05) is 29.3 Å². The Morgan fingerprint density at radius 2 is 1.87 bits per heavy atom. The molecule has 4 nitrogen and oxygen atoms in total. The van der Waals surface area contributed by atoms with E-state index in [1.54, 1.807) is 18.2 Å². The summed E-state index contributed by atoms with van der Waals surface area (Å²) in [6.07, 6.45) is -0.0183. The fourth-order valence-corrected chi connectivity index (χ4v) is 2.72. The Bertz CT molecular complexity index is 797. The van der Waals surface area contributed by atoms with Crippen LogP contribution in [0, 0.1) is 5.82 Å². The first-order valence-corrected chi connectivity index (χ1v) is 7.55. The predicted octanol–water partition coefficient (Wildman–Crippen LogP) is 3.88. The maximum Gasteiger partial charge on any atom is 0.256 e. The highest BCUT2D eigenvalue weighted by Crippen LogP contribution is 2.28. The predicted molar refractivity (Wildman–Crippen MR) is 87.4 cm³/mol. The summed E-state index contributed by atoms with van der Waals surface area (Å²) in [4.78, 5) is 25.5. The highest BCUT2D eigenvalue weighted by molar-refractivity contribution is 6.42. The monoisotopic (exact) mass is 352 g/mol. The van der Waals surface area contributed by atoms with Crippen LogP contribution in [0.4, 0.5) is 15.8 Å². The Balaban J connectivity index is 1.82. The normalized spacial score (nSPS) is 17.7. The lowest BCUT2D eigenvalue weighted by Gasteiger charge is -2.16. The fraction of sp³-hybridized carbons (Fsp3) is 0.125. The standard InChI is InChI=1S/C16H11Cl2FN2O2/c17-12-5-4-10(7-13(12)18)20-14-8-15(22)21(16(14)23)11-3-1-2-9(19)6-11/h1-7,14,20H,8H2/t14-/m1/s1. The number of amides is 2. The zero-order valence-corrected chi connectivity index (χ0v) is 13.2. The molecule has 0 unspecified atom stereocenters. The molecule has 2 aromatic rings. The van der Waals surface area contributed by atoms with Gasteiger partial charge in [-0.2, -0.15) is 0 Å². The van der Waals surface area contributed by atoms with Gasteiger partial charge in [0, 0.05) is 5.69 Å². The minimum Gasteiger partial charge on any atom is -0.373 e. The number of imide groups is 1. The number of rotatable bonds is 3. The maximum absolute atomic E-state index is 13.3. The number of hydrogen-bond donors (Lipinski definition) is 1. The summed E-state index contributed by atoms with van der Waals surface area (Å²) in [6.45, 7) is 0. The SMILES string of the molecule is O=C1C[C@@H](Nc2ccc(Cl)c(Cl)c2)C(=O)N1c1cccc(F)c1. The Morgan fingerprint density at radius 1 is 1.09 bits per heavy atom. The first-order chi connectivity index (χ1) is 11.0. The van der Waals surface area contributed by atoms with Crippen LogP contribution in [0.25, 0.3) is 0 Å². The molecular weight excluding hydrogens is 342 g/mol. The molecule has 7 heteroatoms. The Morgan fingerprint density at radius 3 is 2.57 bits per heavy atom. The van der Waals surface area contributed by atoms with E-state index in [1.807, 2.05) is 0 Å². The van der Waals surface area contributed by atoms with Crippen molar-refractivity contribution in [1.29, 1.82) is 0 Å². The van der Waals surface area contributed by atoms with Gasteiger partial charge in [0.15, 0.2) is 0 Å². The number of nitrogens with one attached hydrogen (secondary N) is 1. The number of benzene rings is 2. The topological polar surface area (TPSA) is 49.4 Å². The largest absolute Gasteiger partial charge is 0.373 e. The molecule has 1 N–H and O–H groups in total. The lowest BCUT2D eigenvalue weighted by Crippen LogP contribution is -2.34. The van der Waals surface area contributed by atoms with Crippen LogP contribution in [0.5, 0.6) is 0 Å². The quantitative estimate of drug-likeness (QED) is 0.852. The minimum absolute atomic E-state index is 0.0183. The average molecular weight is 353 g/mol. The van der Waals surface area contributed by atoms with E-state index in [-0.39, 0.29) is 12.1 Å². The summed E-state index contributed by atoms with van der Waals surface area (Å²) in [5, 5.41) is 3.69. The summed E-state index contributed by atoms with van der Waals surface area (Å²) in [5.41, 5.74) is 0.796. The van der Waals surface area contributed by atoms with E-state index in [9.17, 15) is 14.0 Å². The van der Waals surface area contributed by atoms with Crippen LogP contribution < -0.4 is 10.2 Å². The summed E-state index contributed by atoms with van der Waals surface area (Å²) in [5.74, 6) is -1.34. The van der Waals surface area contributed by atoms with Crippen molar-refractivity contribution in [2.45, 2.75) is 12.5 Å². The Kier molecular flexibility index (Phi) is 4.24. The van der Waals surface area contributed by atoms with Gasteiger partial charge in [0.05, 0.1) is 22.2 Å². The second-order valence-corrected chi connectivity index (χ2v) is 5.89. The van der Waals surface area contributed by atoms with Crippen molar-refractivity contribution in [3.63, 3.8) is 0 Å². The van der Waals surface area contributed by atoms with E-state index < -0.39 is 23.7 Å². The van der Waals surface area contributed by atoms with Crippen LogP contribution in [0.1, 0.15) is 6.42 Å². The van der Waals surface area contributed by atoms with E-state index in [2.05, 4.69) is 5.32 Å². The van der Waals surface area contributed by atoms with E-state index in [1.165, 1.54) is 18.2 Å². The van der Waals surface area contributed by atoms with Crippen molar-refractivity contribution in [2.24, 2.45) is 0 Å². The third kappa shape index (κ3) is 3.16. The zero-order valence-electron chi connectivity index (χ0n) is 11.7. The second kappa shape index (κ2) is 6.18. The molecule has 0 aliphatic carbocycles. The van der Waals surface area contributed by atoms with Crippen molar-refractivity contribution in [3.8, 4) is 0 Å². The minimum atomic E-state index is -0.733. The second-order valence-electron chi connectivity index (χ2n) is 5.08. The Hall–Kier alpha value is -2.11. The zero-order chi connectivity index (χ0) is 16.6. The smallest absolute Gasteiger partial charge is 0.256 e. The van der Waals surface area contributed by atoms with Crippen molar-refractivity contribution in [1.82, 2.24) is 0 Å². The summed E-state index contributed by atoms with van der Waals surface area (Å²) in [6, 6.07) is 9.46. The summed E-state index contributed by atoms with van der Waals surface area (Å²) in [7, 11) is 0. The molecule has 0 aromatic heterocycles. The highest BCUT2D eigenvalue weighted by Gasteiger charge is 2.39. The van der Waals surface area contributed by atoms with Crippen LogP contribution >= 0.6 is 23.2 Å². The number of carbonyl (C=O) groups excluding carboxylic acids is 2. The van der Waals surface area contributed by atoms with Gasteiger partial charge in [0.2, 0.25) is 5.91 Å². The lowest BCUT2D eigenvalue weighted by molar-refractivity contribution is -0.121. The van der Waals surface area contributed by atoms with E-state index in [4.69, 9.17) is 23.2 Å². The first-order valence-electron chi connectivity index (χ1n) is 6.79. The number of carbonyl (C=O) groups is 2. The van der Waals surface area contributed by atoms with Crippen molar-refractivity contribution in [2.75, 3.05) is 10.2 Å². The van der Waals surface area contributed by atoms with E-state index >= 15 is 0 Å². The van der Waals surface area contributed by atoms with Gasteiger partial charge in [-0.15, -0.1) is 0 Å². The van der Waals surface area contributed by atoms with Crippen LogP contribution in [0.3, 0.4) is 0 Å². The molecule has 23 heavy (non-hydrogen) atoms.